The van der Waals surface area contributed by atoms with Crippen molar-refractivity contribution in [1.29, 1.82) is 0 Å². The van der Waals surface area contributed by atoms with E-state index in [4.69, 9.17) is 9.73 Å². The van der Waals surface area contributed by atoms with Crippen LogP contribution in [0.15, 0.2) is 29.3 Å². The summed E-state index contributed by atoms with van der Waals surface area (Å²) in [5, 5.41) is 6.82. The van der Waals surface area contributed by atoms with Crippen LogP contribution in [0.5, 0.6) is 5.75 Å². The maximum absolute atomic E-state index is 6.02. The highest BCUT2D eigenvalue weighted by Crippen LogP contribution is 2.27. The first-order valence-corrected chi connectivity index (χ1v) is 10.4. The number of fused-ring (bicyclic) bond motifs is 1. The van der Waals surface area contributed by atoms with Crippen molar-refractivity contribution in [2.75, 3.05) is 52.4 Å². The molecule has 1 aromatic carbocycles. The Bertz CT molecular complexity index is 587. The van der Waals surface area contributed by atoms with Crippen LogP contribution in [0, 0.1) is 0 Å². The van der Waals surface area contributed by atoms with Gasteiger partial charge >= 0.3 is 0 Å². The fraction of sp³-hybridized carbons (Fsp3) is 0.667. The van der Waals surface area contributed by atoms with E-state index in [0.717, 1.165) is 57.4 Å². The van der Waals surface area contributed by atoms with Crippen molar-refractivity contribution in [3.8, 4) is 5.75 Å². The van der Waals surface area contributed by atoms with Gasteiger partial charge in [0, 0.05) is 45.2 Å². The minimum absolute atomic E-state index is 0.172. The van der Waals surface area contributed by atoms with E-state index in [2.05, 4.69) is 59.4 Å². The number of rotatable bonds is 7. The summed E-state index contributed by atoms with van der Waals surface area (Å²) in [5.74, 6) is 1.90. The van der Waals surface area contributed by atoms with E-state index < -0.39 is 0 Å². The number of guanidine groups is 1. The van der Waals surface area contributed by atoms with Crippen molar-refractivity contribution in [2.45, 2.75) is 39.3 Å². The van der Waals surface area contributed by atoms with Gasteiger partial charge in [0.05, 0.1) is 13.1 Å². The highest BCUT2D eigenvalue weighted by Gasteiger charge is 2.23. The average molecular weight is 374 g/mol. The zero-order valence-corrected chi connectivity index (χ0v) is 17.1. The van der Waals surface area contributed by atoms with Gasteiger partial charge in [-0.2, -0.15) is 0 Å². The quantitative estimate of drug-likeness (QED) is 0.561. The zero-order chi connectivity index (χ0) is 19.1. The molecule has 2 atom stereocenters. The van der Waals surface area contributed by atoms with E-state index in [1.165, 1.54) is 18.7 Å². The minimum atomic E-state index is 0.172. The Hall–Kier alpha value is -1.79. The number of hydrogen-bond donors (Lipinski definition) is 2. The van der Waals surface area contributed by atoms with Gasteiger partial charge in [-0.3, -0.25) is 9.89 Å². The Labute approximate surface area is 164 Å². The summed E-state index contributed by atoms with van der Waals surface area (Å²) < 4.78 is 6.02. The molecule has 1 fully saturated rings. The summed E-state index contributed by atoms with van der Waals surface area (Å²) in [7, 11) is 0. The second-order valence-corrected chi connectivity index (χ2v) is 7.47. The Morgan fingerprint density at radius 1 is 1.19 bits per heavy atom. The van der Waals surface area contributed by atoms with Crippen LogP contribution in [-0.2, 0) is 6.42 Å². The smallest absolute Gasteiger partial charge is 0.191 e. The van der Waals surface area contributed by atoms with E-state index in [1.807, 2.05) is 6.07 Å². The lowest BCUT2D eigenvalue weighted by Crippen LogP contribution is -2.50. The highest BCUT2D eigenvalue weighted by molar-refractivity contribution is 5.79. The summed E-state index contributed by atoms with van der Waals surface area (Å²) in [5.41, 5.74) is 1.30. The second kappa shape index (κ2) is 9.95. The highest BCUT2D eigenvalue weighted by atomic mass is 16.5. The molecule has 6 nitrogen and oxygen atoms in total. The van der Waals surface area contributed by atoms with Crippen LogP contribution in [-0.4, -0.2) is 80.3 Å². The molecule has 2 aliphatic heterocycles. The molecule has 0 aromatic heterocycles. The van der Waals surface area contributed by atoms with Crippen LogP contribution in [0.1, 0.15) is 26.3 Å². The number of piperazine rings is 1. The van der Waals surface area contributed by atoms with E-state index >= 15 is 0 Å². The van der Waals surface area contributed by atoms with E-state index in [1.54, 1.807) is 0 Å². The molecule has 1 aromatic rings. The molecule has 2 heterocycles. The average Bonchev–Trinajstić information content (AvgIpc) is 3.13. The molecule has 0 amide bonds. The third-order valence-corrected chi connectivity index (χ3v) is 5.55. The molecule has 6 heteroatoms. The first-order valence-electron chi connectivity index (χ1n) is 10.4. The molecule has 2 unspecified atom stereocenters. The van der Waals surface area contributed by atoms with Gasteiger partial charge in [-0.1, -0.05) is 25.1 Å². The standard InChI is InChI=1S/C21H35N5O/c1-4-22-21(23-15-17(3)26-12-10-25(5-2)11-13-26)24-16-19-14-18-8-6-7-9-20(18)27-19/h6-9,17,19H,4-5,10-16H2,1-3H3,(H2,22,23,24). The molecule has 0 radical (unpaired) electrons. The molecule has 2 aliphatic rings. The van der Waals surface area contributed by atoms with Crippen LogP contribution >= 0.6 is 0 Å². The molecule has 0 saturated carbocycles. The number of nitrogens with one attached hydrogen (secondary N) is 2. The second-order valence-electron chi connectivity index (χ2n) is 7.47. The van der Waals surface area contributed by atoms with Crippen LogP contribution < -0.4 is 15.4 Å². The molecule has 0 spiro atoms. The minimum Gasteiger partial charge on any atom is -0.488 e. The molecule has 0 bridgehead atoms. The Morgan fingerprint density at radius 2 is 1.96 bits per heavy atom. The number of para-hydroxylation sites is 1. The predicted octanol–water partition coefficient (Wildman–Crippen LogP) is 1.57. The fourth-order valence-electron chi connectivity index (χ4n) is 3.78. The molecular formula is C21H35N5O. The van der Waals surface area contributed by atoms with Crippen LogP contribution in [0.3, 0.4) is 0 Å². The molecule has 2 N–H and O–H groups in total. The Balaban J connectivity index is 1.45. The van der Waals surface area contributed by atoms with Gasteiger partial charge in [0.2, 0.25) is 0 Å². The van der Waals surface area contributed by atoms with Crippen LogP contribution in [0.4, 0.5) is 0 Å². The maximum atomic E-state index is 6.02. The zero-order valence-electron chi connectivity index (χ0n) is 17.1. The molecule has 1 saturated heterocycles. The molecule has 27 heavy (non-hydrogen) atoms. The molecule has 150 valence electrons. The van der Waals surface area contributed by atoms with Crippen molar-refractivity contribution in [1.82, 2.24) is 20.4 Å². The number of nitrogens with zero attached hydrogens (tertiary/aromatic N) is 3. The first-order chi connectivity index (χ1) is 13.2. The maximum Gasteiger partial charge on any atom is 0.191 e. The third-order valence-electron chi connectivity index (χ3n) is 5.55. The van der Waals surface area contributed by atoms with Gasteiger partial charge in [-0.05, 0) is 32.0 Å². The largest absolute Gasteiger partial charge is 0.488 e. The Kier molecular flexibility index (Phi) is 7.35. The molecular weight excluding hydrogens is 338 g/mol. The lowest BCUT2D eigenvalue weighted by molar-refractivity contribution is 0.109. The topological polar surface area (TPSA) is 52.1 Å². The fourth-order valence-corrected chi connectivity index (χ4v) is 3.78. The third kappa shape index (κ3) is 5.59. The summed E-state index contributed by atoms with van der Waals surface area (Å²) in [6.45, 7) is 14.8. The Morgan fingerprint density at radius 3 is 2.67 bits per heavy atom. The van der Waals surface area contributed by atoms with Crippen molar-refractivity contribution in [3.63, 3.8) is 0 Å². The normalized spacial score (nSPS) is 22.2. The summed E-state index contributed by atoms with van der Waals surface area (Å²) in [4.78, 5) is 9.88. The number of benzene rings is 1. The predicted molar refractivity (Wildman–Crippen MR) is 112 cm³/mol. The number of ether oxygens (including phenoxy) is 1. The van der Waals surface area contributed by atoms with Crippen molar-refractivity contribution >= 4 is 5.96 Å². The van der Waals surface area contributed by atoms with E-state index in [0.29, 0.717) is 6.04 Å². The van der Waals surface area contributed by atoms with Crippen LogP contribution in [0.2, 0.25) is 0 Å². The lowest BCUT2D eigenvalue weighted by Gasteiger charge is -2.37. The summed E-state index contributed by atoms with van der Waals surface area (Å²) in [6.07, 6.45) is 1.13. The van der Waals surface area contributed by atoms with Gasteiger partial charge in [0.1, 0.15) is 11.9 Å². The lowest BCUT2D eigenvalue weighted by atomic mass is 10.1. The van der Waals surface area contributed by atoms with Crippen molar-refractivity contribution in [3.05, 3.63) is 29.8 Å². The van der Waals surface area contributed by atoms with Gasteiger partial charge in [-0.25, -0.2) is 0 Å². The number of likely N-dealkylation sites (N-methyl/N-ethyl adjacent to an activating group) is 1. The summed E-state index contributed by atoms with van der Waals surface area (Å²) >= 11 is 0. The van der Waals surface area contributed by atoms with Crippen molar-refractivity contribution in [2.24, 2.45) is 4.99 Å². The molecule has 0 aliphatic carbocycles. The van der Waals surface area contributed by atoms with E-state index in [-0.39, 0.29) is 6.10 Å². The monoisotopic (exact) mass is 373 g/mol. The SMILES string of the molecule is CCNC(=NCC(C)N1CCN(CC)CC1)NCC1Cc2ccccc2O1. The van der Waals surface area contributed by atoms with Crippen molar-refractivity contribution < 1.29 is 4.74 Å². The van der Waals surface area contributed by atoms with Gasteiger partial charge in [0.15, 0.2) is 5.96 Å². The molecule has 3 rings (SSSR count). The van der Waals surface area contributed by atoms with Gasteiger partial charge in [-0.15, -0.1) is 0 Å². The van der Waals surface area contributed by atoms with E-state index in [9.17, 15) is 0 Å². The van der Waals surface area contributed by atoms with Gasteiger partial charge in [0.25, 0.3) is 0 Å². The number of hydrogen-bond acceptors (Lipinski definition) is 4. The van der Waals surface area contributed by atoms with Gasteiger partial charge < -0.3 is 20.3 Å². The summed E-state index contributed by atoms with van der Waals surface area (Å²) in [6, 6.07) is 8.77. The number of aliphatic imine (C=N–C) groups is 1. The first kappa shape index (κ1) is 20.0. The van der Waals surface area contributed by atoms with Crippen LogP contribution in [0.25, 0.3) is 0 Å².